The van der Waals surface area contributed by atoms with Crippen molar-refractivity contribution < 1.29 is 9.72 Å². The van der Waals surface area contributed by atoms with Crippen molar-refractivity contribution in [1.82, 2.24) is 4.90 Å². The number of urea groups is 1. The third-order valence-corrected chi connectivity index (χ3v) is 3.55. The summed E-state index contributed by atoms with van der Waals surface area (Å²) in [6, 6.07) is 5.54. The molecule has 2 amide bonds. The number of nitrogens with one attached hydrogen (secondary N) is 1. The van der Waals surface area contributed by atoms with Crippen LogP contribution in [0.1, 0.15) is 12.8 Å². The fourth-order valence-electron chi connectivity index (χ4n) is 2.18. The molecule has 0 aromatic heterocycles. The SMILES string of the molecule is CN(C(=O)Nc1ccc([N+](=O)[O-])cc1)C(CN)C1CC1. The average Bonchev–Trinajstić information content (AvgIpc) is 3.24. The van der Waals surface area contributed by atoms with Gasteiger partial charge in [-0.2, -0.15) is 0 Å². The molecule has 1 aliphatic carbocycles. The Kier molecular flexibility index (Phi) is 4.19. The summed E-state index contributed by atoms with van der Waals surface area (Å²) in [6.45, 7) is 0.439. The van der Waals surface area contributed by atoms with E-state index in [-0.39, 0.29) is 17.8 Å². The van der Waals surface area contributed by atoms with Crippen molar-refractivity contribution in [3.63, 3.8) is 0 Å². The Morgan fingerprint density at radius 1 is 1.50 bits per heavy atom. The largest absolute Gasteiger partial charge is 0.328 e. The first-order valence-corrected chi connectivity index (χ1v) is 6.51. The minimum Gasteiger partial charge on any atom is -0.328 e. The highest BCUT2D eigenvalue weighted by Gasteiger charge is 2.34. The molecular weight excluding hydrogens is 260 g/mol. The van der Waals surface area contributed by atoms with Crippen LogP contribution in [0.5, 0.6) is 0 Å². The van der Waals surface area contributed by atoms with Gasteiger partial charge in [0.05, 0.1) is 4.92 Å². The molecular formula is C13H18N4O3. The molecule has 0 radical (unpaired) electrons. The maximum absolute atomic E-state index is 12.1. The molecule has 1 aromatic carbocycles. The van der Waals surface area contributed by atoms with E-state index < -0.39 is 4.92 Å². The maximum Gasteiger partial charge on any atom is 0.321 e. The standard InChI is InChI=1S/C13H18N4O3/c1-16(12(8-14)9-2-3-9)13(18)15-10-4-6-11(7-5-10)17(19)20/h4-7,9,12H,2-3,8,14H2,1H3,(H,15,18). The second kappa shape index (κ2) is 5.87. The number of nitrogens with two attached hydrogens (primary N) is 1. The number of carbonyl (C=O) groups is 1. The van der Waals surface area contributed by atoms with Crippen molar-refractivity contribution in [1.29, 1.82) is 0 Å². The first kappa shape index (κ1) is 14.3. The van der Waals surface area contributed by atoms with Crippen molar-refractivity contribution in [3.8, 4) is 0 Å². The van der Waals surface area contributed by atoms with E-state index in [1.54, 1.807) is 11.9 Å². The van der Waals surface area contributed by atoms with E-state index in [2.05, 4.69) is 5.32 Å². The third kappa shape index (κ3) is 3.24. The number of non-ortho nitro benzene ring substituents is 1. The number of nitrogens with zero attached hydrogens (tertiary/aromatic N) is 2. The van der Waals surface area contributed by atoms with Crippen LogP contribution in [0.15, 0.2) is 24.3 Å². The van der Waals surface area contributed by atoms with Crippen LogP contribution in [0.3, 0.4) is 0 Å². The Balaban J connectivity index is 1.97. The lowest BCUT2D eigenvalue weighted by atomic mass is 10.1. The molecule has 0 saturated heterocycles. The summed E-state index contributed by atoms with van der Waals surface area (Å²) in [6.07, 6.45) is 2.22. The summed E-state index contributed by atoms with van der Waals surface area (Å²) in [7, 11) is 1.72. The molecule has 7 heteroatoms. The normalized spacial score (nSPS) is 15.5. The third-order valence-electron chi connectivity index (χ3n) is 3.55. The number of hydrogen-bond acceptors (Lipinski definition) is 4. The molecule has 20 heavy (non-hydrogen) atoms. The molecule has 1 atom stereocenters. The van der Waals surface area contributed by atoms with Crippen LogP contribution in [0, 0.1) is 16.0 Å². The van der Waals surface area contributed by atoms with Gasteiger partial charge in [0.2, 0.25) is 0 Å². The van der Waals surface area contributed by atoms with Gasteiger partial charge < -0.3 is 16.0 Å². The number of likely N-dealkylation sites (N-methyl/N-ethyl adjacent to an activating group) is 1. The predicted molar refractivity (Wildman–Crippen MR) is 75.4 cm³/mol. The van der Waals surface area contributed by atoms with Gasteiger partial charge in [-0.05, 0) is 30.9 Å². The van der Waals surface area contributed by atoms with E-state index in [1.807, 2.05) is 0 Å². The lowest BCUT2D eigenvalue weighted by molar-refractivity contribution is -0.384. The highest BCUT2D eigenvalue weighted by atomic mass is 16.6. The number of anilines is 1. The highest BCUT2D eigenvalue weighted by Crippen LogP contribution is 2.34. The van der Waals surface area contributed by atoms with Crippen molar-refractivity contribution >= 4 is 17.4 Å². The van der Waals surface area contributed by atoms with E-state index in [9.17, 15) is 14.9 Å². The van der Waals surface area contributed by atoms with Crippen molar-refractivity contribution in [2.45, 2.75) is 18.9 Å². The Morgan fingerprint density at radius 3 is 2.55 bits per heavy atom. The number of benzene rings is 1. The van der Waals surface area contributed by atoms with Crippen LogP contribution in [0.4, 0.5) is 16.2 Å². The molecule has 7 nitrogen and oxygen atoms in total. The van der Waals surface area contributed by atoms with Gasteiger partial charge in [-0.3, -0.25) is 10.1 Å². The zero-order valence-corrected chi connectivity index (χ0v) is 11.3. The summed E-state index contributed by atoms with van der Waals surface area (Å²) in [5, 5.41) is 13.3. The fraction of sp³-hybridized carbons (Fsp3) is 0.462. The lowest BCUT2D eigenvalue weighted by Gasteiger charge is -2.27. The van der Waals surface area contributed by atoms with Gasteiger partial charge >= 0.3 is 6.03 Å². The highest BCUT2D eigenvalue weighted by molar-refractivity contribution is 5.89. The smallest absolute Gasteiger partial charge is 0.321 e. The molecule has 1 saturated carbocycles. The Morgan fingerprint density at radius 2 is 2.10 bits per heavy atom. The van der Waals surface area contributed by atoms with Crippen molar-refractivity contribution in [3.05, 3.63) is 34.4 Å². The summed E-state index contributed by atoms with van der Waals surface area (Å²) in [5.41, 5.74) is 6.22. The molecule has 3 N–H and O–H groups in total. The zero-order valence-electron chi connectivity index (χ0n) is 11.3. The second-order valence-electron chi connectivity index (χ2n) is 4.99. The number of rotatable bonds is 5. The molecule has 1 unspecified atom stereocenters. The van der Waals surface area contributed by atoms with Crippen molar-refractivity contribution in [2.24, 2.45) is 11.7 Å². The second-order valence-corrected chi connectivity index (χ2v) is 4.99. The van der Waals surface area contributed by atoms with Gasteiger partial charge in [-0.15, -0.1) is 0 Å². The first-order valence-electron chi connectivity index (χ1n) is 6.51. The van der Waals surface area contributed by atoms with E-state index in [0.29, 0.717) is 18.2 Å². The number of nitro benzene ring substituents is 1. The van der Waals surface area contributed by atoms with Gasteiger partial charge in [0.1, 0.15) is 0 Å². The molecule has 0 bridgehead atoms. The van der Waals surface area contributed by atoms with E-state index in [4.69, 9.17) is 5.73 Å². The summed E-state index contributed by atoms with van der Waals surface area (Å²) in [5.74, 6) is 0.493. The Hall–Kier alpha value is -2.15. The van der Waals surface area contributed by atoms with E-state index in [1.165, 1.54) is 24.3 Å². The topological polar surface area (TPSA) is 102 Å². The van der Waals surface area contributed by atoms with Crippen LogP contribution >= 0.6 is 0 Å². The van der Waals surface area contributed by atoms with Crippen LogP contribution in [0.25, 0.3) is 0 Å². The van der Waals surface area contributed by atoms with E-state index in [0.717, 1.165) is 12.8 Å². The van der Waals surface area contributed by atoms with Gasteiger partial charge in [0.15, 0.2) is 0 Å². The van der Waals surface area contributed by atoms with Crippen LogP contribution in [-0.2, 0) is 0 Å². The fourth-order valence-corrected chi connectivity index (χ4v) is 2.18. The molecule has 0 heterocycles. The number of amides is 2. The summed E-state index contributed by atoms with van der Waals surface area (Å²) >= 11 is 0. The quantitative estimate of drug-likeness (QED) is 0.633. The number of nitro groups is 1. The molecule has 1 aliphatic rings. The first-order chi connectivity index (χ1) is 9.52. The van der Waals surface area contributed by atoms with E-state index >= 15 is 0 Å². The maximum atomic E-state index is 12.1. The molecule has 2 rings (SSSR count). The van der Waals surface area contributed by atoms with Gasteiger partial charge in [-0.1, -0.05) is 0 Å². The van der Waals surface area contributed by atoms with Crippen LogP contribution < -0.4 is 11.1 Å². The van der Waals surface area contributed by atoms with Crippen LogP contribution in [0.2, 0.25) is 0 Å². The minimum absolute atomic E-state index is 0.00540. The lowest BCUT2D eigenvalue weighted by Crippen LogP contribution is -2.45. The van der Waals surface area contributed by atoms with Gasteiger partial charge in [-0.25, -0.2) is 4.79 Å². The molecule has 0 spiro atoms. The zero-order chi connectivity index (χ0) is 14.7. The molecule has 108 valence electrons. The van der Waals surface area contributed by atoms with Gasteiger partial charge in [0.25, 0.3) is 5.69 Å². The minimum atomic E-state index is -0.477. The summed E-state index contributed by atoms with van der Waals surface area (Å²) < 4.78 is 0. The van der Waals surface area contributed by atoms with Crippen molar-refractivity contribution in [2.75, 3.05) is 18.9 Å². The Labute approximate surface area is 116 Å². The summed E-state index contributed by atoms with van der Waals surface area (Å²) in [4.78, 5) is 23.8. The van der Waals surface area contributed by atoms with Crippen LogP contribution in [-0.4, -0.2) is 35.5 Å². The Bertz CT molecular complexity index is 499. The monoisotopic (exact) mass is 278 g/mol. The molecule has 1 aromatic rings. The molecule has 1 fully saturated rings. The average molecular weight is 278 g/mol. The van der Waals surface area contributed by atoms with Gasteiger partial charge in [0, 0.05) is 37.5 Å². The molecule has 0 aliphatic heterocycles. The number of hydrogen-bond donors (Lipinski definition) is 2. The predicted octanol–water partition coefficient (Wildman–Crippen LogP) is 1.80. The number of carbonyl (C=O) groups excluding carboxylic acids is 1.